The summed E-state index contributed by atoms with van der Waals surface area (Å²) in [6, 6.07) is 10.4. The number of pyridine rings is 1. The summed E-state index contributed by atoms with van der Waals surface area (Å²) in [4.78, 5) is 22.7. The molecule has 5 nitrogen and oxygen atoms in total. The normalized spacial score (nSPS) is 22.8. The zero-order valence-corrected chi connectivity index (χ0v) is 15.5. The number of thiophene rings is 1. The van der Waals surface area contributed by atoms with Crippen molar-refractivity contribution in [2.75, 3.05) is 24.5 Å². The van der Waals surface area contributed by atoms with Crippen LogP contribution in [0.2, 0.25) is 0 Å². The number of carbonyl (C=O) groups is 1. The van der Waals surface area contributed by atoms with Crippen LogP contribution in [0.1, 0.15) is 29.7 Å². The second-order valence-electron chi connectivity index (χ2n) is 7.03. The molecular weight excluding hydrogens is 344 g/mol. The van der Waals surface area contributed by atoms with E-state index in [-0.39, 0.29) is 0 Å². The Labute approximate surface area is 157 Å². The molecule has 0 unspecified atom stereocenters. The first-order valence-corrected chi connectivity index (χ1v) is 10.1. The zero-order valence-electron chi connectivity index (χ0n) is 14.7. The van der Waals surface area contributed by atoms with Crippen LogP contribution in [0.15, 0.2) is 35.8 Å². The SMILES string of the molecule is N#Cc1ccc(N2CC[C@@H]3[C@@H](CCC(=O)N3CCc3cccs3)C2)nc1. The van der Waals surface area contributed by atoms with Crippen LogP contribution < -0.4 is 4.90 Å². The molecule has 26 heavy (non-hydrogen) atoms. The molecule has 0 radical (unpaired) electrons. The molecule has 1 amide bonds. The minimum atomic E-state index is 0.313. The zero-order chi connectivity index (χ0) is 17.9. The molecule has 2 aromatic heterocycles. The maximum absolute atomic E-state index is 12.5. The Bertz CT molecular complexity index is 796. The third-order valence-electron chi connectivity index (χ3n) is 5.52. The van der Waals surface area contributed by atoms with Gasteiger partial charge in [0, 0.05) is 43.2 Å². The Balaban J connectivity index is 1.42. The van der Waals surface area contributed by atoms with Crippen LogP contribution in [0.4, 0.5) is 5.82 Å². The highest BCUT2D eigenvalue weighted by Gasteiger charge is 2.39. The molecular formula is C20H22N4OS. The van der Waals surface area contributed by atoms with Gasteiger partial charge in [0.2, 0.25) is 5.91 Å². The molecule has 0 aromatic carbocycles. The van der Waals surface area contributed by atoms with E-state index in [0.717, 1.165) is 44.7 Å². The molecule has 4 heterocycles. The van der Waals surface area contributed by atoms with Crippen molar-refractivity contribution in [2.24, 2.45) is 5.92 Å². The van der Waals surface area contributed by atoms with E-state index in [1.807, 2.05) is 12.1 Å². The second-order valence-corrected chi connectivity index (χ2v) is 8.07. The molecule has 0 aliphatic carbocycles. The van der Waals surface area contributed by atoms with Gasteiger partial charge in [-0.15, -0.1) is 11.3 Å². The van der Waals surface area contributed by atoms with E-state index in [1.165, 1.54) is 4.88 Å². The number of aromatic nitrogens is 1. The molecule has 2 saturated heterocycles. The number of anilines is 1. The summed E-state index contributed by atoms with van der Waals surface area (Å²) in [5, 5.41) is 11.0. The van der Waals surface area contributed by atoms with E-state index >= 15 is 0 Å². The lowest BCUT2D eigenvalue weighted by Gasteiger charge is -2.47. The van der Waals surface area contributed by atoms with Gasteiger partial charge in [0.15, 0.2) is 0 Å². The van der Waals surface area contributed by atoms with Crippen LogP contribution in [-0.2, 0) is 11.2 Å². The Kier molecular flexibility index (Phi) is 4.89. The average Bonchev–Trinajstić information content (AvgIpc) is 3.20. The first-order valence-electron chi connectivity index (χ1n) is 9.17. The molecule has 134 valence electrons. The molecule has 2 aliphatic rings. The summed E-state index contributed by atoms with van der Waals surface area (Å²) in [7, 11) is 0. The van der Waals surface area contributed by atoms with Crippen LogP contribution in [0, 0.1) is 17.2 Å². The third kappa shape index (κ3) is 3.45. The van der Waals surface area contributed by atoms with Crippen molar-refractivity contribution < 1.29 is 4.79 Å². The van der Waals surface area contributed by atoms with Gasteiger partial charge in [-0.05, 0) is 48.8 Å². The van der Waals surface area contributed by atoms with E-state index < -0.39 is 0 Å². The Hall–Kier alpha value is -2.39. The Morgan fingerprint density at radius 2 is 2.23 bits per heavy atom. The second kappa shape index (κ2) is 7.46. The minimum Gasteiger partial charge on any atom is -0.356 e. The summed E-state index contributed by atoms with van der Waals surface area (Å²) in [5.74, 6) is 1.75. The van der Waals surface area contributed by atoms with Gasteiger partial charge in [-0.2, -0.15) is 5.26 Å². The van der Waals surface area contributed by atoms with Crippen molar-refractivity contribution in [3.05, 3.63) is 46.3 Å². The Morgan fingerprint density at radius 3 is 2.96 bits per heavy atom. The van der Waals surface area contributed by atoms with Gasteiger partial charge >= 0.3 is 0 Å². The topological polar surface area (TPSA) is 60.2 Å². The van der Waals surface area contributed by atoms with E-state index in [0.29, 0.717) is 29.9 Å². The molecule has 2 aliphatic heterocycles. The lowest BCUT2D eigenvalue weighted by molar-refractivity contribution is -0.139. The van der Waals surface area contributed by atoms with Crippen LogP contribution in [0.3, 0.4) is 0 Å². The van der Waals surface area contributed by atoms with Crippen molar-refractivity contribution in [3.63, 3.8) is 0 Å². The molecule has 2 fully saturated rings. The number of carbonyl (C=O) groups excluding carboxylic acids is 1. The van der Waals surface area contributed by atoms with Crippen molar-refractivity contribution in [1.29, 1.82) is 5.26 Å². The summed E-state index contributed by atoms with van der Waals surface area (Å²) < 4.78 is 0. The molecule has 2 aromatic rings. The first kappa shape index (κ1) is 17.0. The lowest BCUT2D eigenvalue weighted by atomic mass is 9.83. The average molecular weight is 366 g/mol. The van der Waals surface area contributed by atoms with Gasteiger partial charge in [0.05, 0.1) is 5.56 Å². The summed E-state index contributed by atoms with van der Waals surface area (Å²) in [6.07, 6.45) is 5.20. The number of amides is 1. The largest absolute Gasteiger partial charge is 0.356 e. The van der Waals surface area contributed by atoms with Gasteiger partial charge < -0.3 is 9.80 Å². The molecule has 0 N–H and O–H groups in total. The fourth-order valence-electron chi connectivity index (χ4n) is 4.17. The predicted molar refractivity (Wildman–Crippen MR) is 102 cm³/mol. The fraction of sp³-hybridized carbons (Fsp3) is 0.450. The number of hydrogen-bond acceptors (Lipinski definition) is 5. The van der Waals surface area contributed by atoms with Crippen LogP contribution in [-0.4, -0.2) is 41.5 Å². The number of rotatable bonds is 4. The van der Waals surface area contributed by atoms with Gasteiger partial charge in [0.25, 0.3) is 0 Å². The van der Waals surface area contributed by atoms with E-state index in [1.54, 1.807) is 17.5 Å². The van der Waals surface area contributed by atoms with Gasteiger partial charge in [-0.3, -0.25) is 4.79 Å². The number of piperidine rings is 2. The number of likely N-dealkylation sites (tertiary alicyclic amines) is 1. The molecule has 6 heteroatoms. The van der Waals surface area contributed by atoms with Crippen molar-refractivity contribution in [1.82, 2.24) is 9.88 Å². The monoisotopic (exact) mass is 366 g/mol. The minimum absolute atomic E-state index is 0.313. The van der Waals surface area contributed by atoms with E-state index in [4.69, 9.17) is 5.26 Å². The number of fused-ring (bicyclic) bond motifs is 1. The standard InChI is InChI=1S/C20H22N4OS/c21-12-15-3-5-19(22-13-15)23-9-8-18-16(14-23)4-6-20(25)24(18)10-7-17-2-1-11-26-17/h1-3,5,11,13,16,18H,4,6-10,14H2/t16-,18+/m0/s1. The number of nitriles is 1. The maximum Gasteiger partial charge on any atom is 0.222 e. The lowest BCUT2D eigenvalue weighted by Crippen LogP contribution is -2.56. The van der Waals surface area contributed by atoms with E-state index in [9.17, 15) is 4.79 Å². The fourth-order valence-corrected chi connectivity index (χ4v) is 4.87. The predicted octanol–water partition coefficient (Wildman–Crippen LogP) is 3.07. The van der Waals surface area contributed by atoms with Crippen LogP contribution in [0.25, 0.3) is 0 Å². The van der Waals surface area contributed by atoms with E-state index in [2.05, 4.69) is 38.4 Å². The maximum atomic E-state index is 12.5. The van der Waals surface area contributed by atoms with Crippen LogP contribution in [0.5, 0.6) is 0 Å². The van der Waals surface area contributed by atoms with Gasteiger partial charge in [-0.1, -0.05) is 6.07 Å². The van der Waals surface area contributed by atoms with Crippen LogP contribution >= 0.6 is 11.3 Å². The quantitative estimate of drug-likeness (QED) is 0.834. The summed E-state index contributed by atoms with van der Waals surface area (Å²) in [5.41, 5.74) is 0.589. The number of hydrogen-bond donors (Lipinski definition) is 0. The smallest absolute Gasteiger partial charge is 0.222 e. The first-order chi connectivity index (χ1) is 12.7. The van der Waals surface area contributed by atoms with Crippen molar-refractivity contribution in [3.8, 4) is 6.07 Å². The molecule has 4 rings (SSSR count). The van der Waals surface area contributed by atoms with Crippen molar-refractivity contribution in [2.45, 2.75) is 31.7 Å². The Morgan fingerprint density at radius 1 is 1.31 bits per heavy atom. The van der Waals surface area contributed by atoms with Gasteiger partial charge in [0.1, 0.15) is 11.9 Å². The summed E-state index contributed by atoms with van der Waals surface area (Å²) >= 11 is 1.77. The molecule has 2 atom stereocenters. The summed E-state index contributed by atoms with van der Waals surface area (Å²) in [6.45, 7) is 2.67. The highest BCUT2D eigenvalue weighted by molar-refractivity contribution is 7.09. The molecule has 0 bridgehead atoms. The van der Waals surface area contributed by atoms with Crippen molar-refractivity contribution >= 4 is 23.1 Å². The molecule has 0 saturated carbocycles. The third-order valence-corrected chi connectivity index (χ3v) is 6.46. The number of nitrogens with zero attached hydrogens (tertiary/aromatic N) is 4. The highest BCUT2D eigenvalue weighted by Crippen LogP contribution is 2.33. The highest BCUT2D eigenvalue weighted by atomic mass is 32.1. The molecule has 0 spiro atoms. The van der Waals surface area contributed by atoms with Gasteiger partial charge in [-0.25, -0.2) is 4.98 Å².